The van der Waals surface area contributed by atoms with Crippen LogP contribution in [0.15, 0.2) is 6.07 Å². The first kappa shape index (κ1) is 15.1. The van der Waals surface area contributed by atoms with Crippen LogP contribution < -0.4 is 10.6 Å². The van der Waals surface area contributed by atoms with Gasteiger partial charge in [-0.15, -0.1) is 0 Å². The van der Waals surface area contributed by atoms with Crippen molar-refractivity contribution in [1.82, 2.24) is 9.97 Å². The summed E-state index contributed by atoms with van der Waals surface area (Å²) in [6.45, 7) is 6.08. The van der Waals surface area contributed by atoms with E-state index in [0.717, 1.165) is 42.9 Å². The maximum atomic E-state index is 4.46. The number of hydrogen-bond acceptors (Lipinski definition) is 4. The third kappa shape index (κ3) is 4.99. The molecule has 0 aliphatic heterocycles. The Hall–Kier alpha value is -1.32. The van der Waals surface area contributed by atoms with E-state index >= 15 is 0 Å². The van der Waals surface area contributed by atoms with E-state index in [1.165, 1.54) is 38.5 Å². The van der Waals surface area contributed by atoms with Crippen molar-refractivity contribution in [1.29, 1.82) is 0 Å². The summed E-state index contributed by atoms with van der Waals surface area (Å²) in [5.74, 6) is 3.62. The minimum atomic E-state index is 0.825. The van der Waals surface area contributed by atoms with Crippen LogP contribution in [0.2, 0.25) is 0 Å². The fraction of sp³-hybridized carbons (Fsp3) is 0.750. The fourth-order valence-corrected chi connectivity index (χ4v) is 2.88. The molecule has 1 aliphatic carbocycles. The van der Waals surface area contributed by atoms with Gasteiger partial charge in [0.05, 0.1) is 0 Å². The summed E-state index contributed by atoms with van der Waals surface area (Å²) >= 11 is 0. The van der Waals surface area contributed by atoms with Gasteiger partial charge in [0.1, 0.15) is 17.5 Å². The number of nitrogens with zero attached hydrogens (tertiary/aromatic N) is 2. The lowest BCUT2D eigenvalue weighted by molar-refractivity contribution is 0.345. The van der Waals surface area contributed by atoms with E-state index in [1.54, 1.807) is 0 Å². The molecular weight excluding hydrogens is 248 g/mol. The van der Waals surface area contributed by atoms with Gasteiger partial charge in [-0.1, -0.05) is 39.0 Å². The van der Waals surface area contributed by atoms with Crippen LogP contribution in [0.3, 0.4) is 0 Å². The summed E-state index contributed by atoms with van der Waals surface area (Å²) in [6.07, 6.45) is 9.46. The Morgan fingerprint density at radius 1 is 1.05 bits per heavy atom. The molecule has 1 heterocycles. The molecular formula is C16H28N4. The standard InChI is InChI=1S/C16H28N4/c1-3-10-17-15-12-16(20-13(2)19-15)18-11-9-14-7-5-4-6-8-14/h12,14H,3-11H2,1-2H3,(H2,17,18,19,20). The summed E-state index contributed by atoms with van der Waals surface area (Å²) in [7, 11) is 0. The number of hydrogen-bond donors (Lipinski definition) is 2. The molecule has 0 unspecified atom stereocenters. The zero-order valence-electron chi connectivity index (χ0n) is 12.9. The van der Waals surface area contributed by atoms with Crippen molar-refractivity contribution in [2.24, 2.45) is 5.92 Å². The molecule has 2 rings (SSSR count). The van der Waals surface area contributed by atoms with Gasteiger partial charge in [0.2, 0.25) is 0 Å². The van der Waals surface area contributed by atoms with E-state index in [4.69, 9.17) is 0 Å². The molecule has 2 N–H and O–H groups in total. The lowest BCUT2D eigenvalue weighted by atomic mass is 9.87. The smallest absolute Gasteiger partial charge is 0.131 e. The van der Waals surface area contributed by atoms with Crippen molar-refractivity contribution in [3.05, 3.63) is 11.9 Å². The van der Waals surface area contributed by atoms with Crippen molar-refractivity contribution in [2.75, 3.05) is 23.7 Å². The molecule has 0 bridgehead atoms. The van der Waals surface area contributed by atoms with Gasteiger partial charge in [0, 0.05) is 19.2 Å². The Labute approximate surface area is 122 Å². The topological polar surface area (TPSA) is 49.8 Å². The van der Waals surface area contributed by atoms with Gasteiger partial charge < -0.3 is 10.6 Å². The van der Waals surface area contributed by atoms with Crippen LogP contribution in [0.4, 0.5) is 11.6 Å². The highest BCUT2D eigenvalue weighted by Gasteiger charge is 2.12. The van der Waals surface area contributed by atoms with E-state index in [1.807, 2.05) is 13.0 Å². The first-order chi connectivity index (χ1) is 9.78. The molecule has 1 aromatic heterocycles. The van der Waals surface area contributed by atoms with Crippen molar-refractivity contribution in [3.8, 4) is 0 Å². The highest BCUT2D eigenvalue weighted by Crippen LogP contribution is 2.26. The van der Waals surface area contributed by atoms with Gasteiger partial charge in [0.15, 0.2) is 0 Å². The number of anilines is 2. The quantitative estimate of drug-likeness (QED) is 0.790. The molecule has 1 aliphatic rings. The molecule has 1 fully saturated rings. The molecule has 0 amide bonds. The predicted octanol–water partition coefficient (Wildman–Crippen LogP) is 3.99. The summed E-state index contributed by atoms with van der Waals surface area (Å²) in [6, 6.07) is 2.02. The second kappa shape index (κ2) is 8.08. The van der Waals surface area contributed by atoms with Crippen LogP contribution in [0.1, 0.15) is 57.7 Å². The maximum absolute atomic E-state index is 4.46. The molecule has 0 aromatic carbocycles. The van der Waals surface area contributed by atoms with E-state index in [-0.39, 0.29) is 0 Å². The molecule has 0 radical (unpaired) electrons. The van der Waals surface area contributed by atoms with Crippen LogP contribution in [0.5, 0.6) is 0 Å². The zero-order chi connectivity index (χ0) is 14.2. The lowest BCUT2D eigenvalue weighted by Crippen LogP contribution is -2.13. The Bertz CT molecular complexity index is 399. The molecule has 0 saturated heterocycles. The van der Waals surface area contributed by atoms with Crippen molar-refractivity contribution in [3.63, 3.8) is 0 Å². The van der Waals surface area contributed by atoms with Gasteiger partial charge in [-0.3, -0.25) is 0 Å². The van der Waals surface area contributed by atoms with Gasteiger partial charge in [-0.05, 0) is 25.7 Å². The summed E-state index contributed by atoms with van der Waals surface area (Å²) < 4.78 is 0. The van der Waals surface area contributed by atoms with E-state index in [9.17, 15) is 0 Å². The Balaban J connectivity index is 1.80. The fourth-order valence-electron chi connectivity index (χ4n) is 2.88. The average molecular weight is 276 g/mol. The third-order valence-corrected chi connectivity index (χ3v) is 3.98. The number of aryl methyl sites for hydroxylation is 1. The minimum Gasteiger partial charge on any atom is -0.370 e. The number of nitrogens with one attached hydrogen (secondary N) is 2. The molecule has 20 heavy (non-hydrogen) atoms. The maximum Gasteiger partial charge on any atom is 0.131 e. The Morgan fingerprint density at radius 3 is 2.35 bits per heavy atom. The molecule has 4 nitrogen and oxygen atoms in total. The van der Waals surface area contributed by atoms with Crippen molar-refractivity contribution >= 4 is 11.6 Å². The van der Waals surface area contributed by atoms with Crippen LogP contribution in [-0.4, -0.2) is 23.1 Å². The SMILES string of the molecule is CCCNc1cc(NCCC2CCCCC2)nc(C)n1. The lowest BCUT2D eigenvalue weighted by Gasteiger charge is -2.21. The second-order valence-electron chi connectivity index (χ2n) is 5.83. The Kier molecular flexibility index (Phi) is 6.09. The monoisotopic (exact) mass is 276 g/mol. The molecule has 4 heteroatoms. The Morgan fingerprint density at radius 2 is 1.70 bits per heavy atom. The summed E-state index contributed by atoms with van der Waals surface area (Å²) in [5, 5.41) is 6.78. The third-order valence-electron chi connectivity index (χ3n) is 3.98. The molecule has 1 saturated carbocycles. The number of rotatable bonds is 7. The highest BCUT2D eigenvalue weighted by atomic mass is 15.1. The molecule has 112 valence electrons. The number of aromatic nitrogens is 2. The summed E-state index contributed by atoms with van der Waals surface area (Å²) in [4.78, 5) is 8.87. The van der Waals surface area contributed by atoms with Gasteiger partial charge >= 0.3 is 0 Å². The first-order valence-electron chi connectivity index (χ1n) is 8.11. The van der Waals surface area contributed by atoms with Crippen LogP contribution in [-0.2, 0) is 0 Å². The van der Waals surface area contributed by atoms with Crippen LogP contribution in [0.25, 0.3) is 0 Å². The minimum absolute atomic E-state index is 0.825. The van der Waals surface area contributed by atoms with Crippen LogP contribution >= 0.6 is 0 Å². The van der Waals surface area contributed by atoms with Crippen LogP contribution in [0, 0.1) is 12.8 Å². The molecule has 1 aromatic rings. The highest BCUT2D eigenvalue weighted by molar-refractivity contribution is 5.47. The molecule has 0 spiro atoms. The first-order valence-corrected chi connectivity index (χ1v) is 8.11. The zero-order valence-corrected chi connectivity index (χ0v) is 12.9. The van der Waals surface area contributed by atoms with Crippen molar-refractivity contribution < 1.29 is 0 Å². The van der Waals surface area contributed by atoms with E-state index in [0.29, 0.717) is 0 Å². The predicted molar refractivity (Wildman–Crippen MR) is 85.2 cm³/mol. The summed E-state index contributed by atoms with van der Waals surface area (Å²) in [5.41, 5.74) is 0. The molecule has 0 atom stereocenters. The largest absolute Gasteiger partial charge is 0.370 e. The average Bonchev–Trinajstić information content (AvgIpc) is 2.46. The van der Waals surface area contributed by atoms with E-state index < -0.39 is 0 Å². The van der Waals surface area contributed by atoms with Gasteiger partial charge in [-0.25, -0.2) is 9.97 Å². The van der Waals surface area contributed by atoms with Gasteiger partial charge in [-0.2, -0.15) is 0 Å². The van der Waals surface area contributed by atoms with Gasteiger partial charge in [0.25, 0.3) is 0 Å². The second-order valence-corrected chi connectivity index (χ2v) is 5.83. The van der Waals surface area contributed by atoms with E-state index in [2.05, 4.69) is 27.5 Å². The normalized spacial score (nSPS) is 16.1. The van der Waals surface area contributed by atoms with Crippen molar-refractivity contribution in [2.45, 2.75) is 58.8 Å².